The van der Waals surface area contributed by atoms with Gasteiger partial charge >= 0.3 is 5.97 Å². The smallest absolute Gasteiger partial charge is 0.329 e. The summed E-state index contributed by atoms with van der Waals surface area (Å²) in [7, 11) is 0. The van der Waals surface area contributed by atoms with E-state index in [0.717, 1.165) is 6.42 Å². The first-order valence-electron chi connectivity index (χ1n) is 4.25. The van der Waals surface area contributed by atoms with Crippen molar-refractivity contribution in [1.82, 2.24) is 4.98 Å². The second-order valence-corrected chi connectivity index (χ2v) is 4.59. The zero-order valence-corrected chi connectivity index (χ0v) is 8.86. The van der Waals surface area contributed by atoms with Crippen LogP contribution in [0, 0.1) is 0 Å². The summed E-state index contributed by atoms with van der Waals surface area (Å²) in [6.45, 7) is 0. The molecule has 0 saturated heterocycles. The Morgan fingerprint density at radius 2 is 2.43 bits per heavy atom. The molecule has 2 rings (SSSR count). The van der Waals surface area contributed by atoms with Crippen molar-refractivity contribution in [1.29, 1.82) is 0 Å². The molecule has 6 heteroatoms. The van der Waals surface area contributed by atoms with Crippen LogP contribution in [0.25, 0.3) is 0 Å². The number of rotatable bonds is 3. The lowest BCUT2D eigenvalue weighted by Gasteiger charge is -2.38. The van der Waals surface area contributed by atoms with E-state index in [1.807, 2.05) is 0 Å². The van der Waals surface area contributed by atoms with Gasteiger partial charge in [0.1, 0.15) is 10.7 Å². The van der Waals surface area contributed by atoms with Crippen LogP contribution in [-0.4, -0.2) is 21.6 Å². The molecule has 14 heavy (non-hydrogen) atoms. The van der Waals surface area contributed by atoms with Crippen LogP contribution in [0.1, 0.15) is 19.3 Å². The number of aromatic nitrogens is 1. The lowest BCUT2D eigenvalue weighted by Crippen LogP contribution is -2.52. The van der Waals surface area contributed by atoms with E-state index in [9.17, 15) is 4.79 Å². The summed E-state index contributed by atoms with van der Waals surface area (Å²) < 4.78 is 0. The summed E-state index contributed by atoms with van der Waals surface area (Å²) in [4.78, 5) is 15.0. The molecule has 2 N–H and O–H groups in total. The third-order valence-corrected chi connectivity index (χ3v) is 3.52. The average molecular weight is 233 g/mol. The highest BCUT2D eigenvalue weighted by atomic mass is 35.5. The van der Waals surface area contributed by atoms with Crippen LogP contribution in [0.2, 0.25) is 5.15 Å². The minimum atomic E-state index is -0.810. The number of hydrogen-bond donors (Lipinski definition) is 2. The number of thiazole rings is 1. The third-order valence-electron chi connectivity index (χ3n) is 2.44. The van der Waals surface area contributed by atoms with Gasteiger partial charge in [-0.15, -0.1) is 11.3 Å². The summed E-state index contributed by atoms with van der Waals surface area (Å²) in [5.41, 5.74) is -0.804. The van der Waals surface area contributed by atoms with Crippen molar-refractivity contribution in [3.63, 3.8) is 0 Å². The van der Waals surface area contributed by atoms with Crippen molar-refractivity contribution in [3.05, 3.63) is 10.5 Å². The van der Waals surface area contributed by atoms with Crippen LogP contribution in [0.15, 0.2) is 5.38 Å². The molecule has 0 aromatic carbocycles. The van der Waals surface area contributed by atoms with Gasteiger partial charge in [-0.25, -0.2) is 9.78 Å². The van der Waals surface area contributed by atoms with Gasteiger partial charge in [0.25, 0.3) is 0 Å². The lowest BCUT2D eigenvalue weighted by atomic mass is 9.77. The first kappa shape index (κ1) is 9.73. The quantitative estimate of drug-likeness (QED) is 0.839. The van der Waals surface area contributed by atoms with Gasteiger partial charge in [-0.1, -0.05) is 11.6 Å². The van der Waals surface area contributed by atoms with Crippen LogP contribution in [0.4, 0.5) is 5.13 Å². The normalized spacial score (nSPS) is 18.6. The van der Waals surface area contributed by atoms with E-state index in [0.29, 0.717) is 23.1 Å². The number of carboxylic acid groups (broad SMARTS) is 1. The van der Waals surface area contributed by atoms with Crippen molar-refractivity contribution in [2.45, 2.75) is 24.8 Å². The predicted molar refractivity (Wildman–Crippen MR) is 55.0 cm³/mol. The van der Waals surface area contributed by atoms with Crippen LogP contribution in [0.5, 0.6) is 0 Å². The molecule has 1 heterocycles. The Kier molecular flexibility index (Phi) is 2.36. The number of hydrogen-bond acceptors (Lipinski definition) is 4. The number of nitrogens with zero attached hydrogens (tertiary/aromatic N) is 1. The number of aliphatic carboxylic acids is 1. The minimum Gasteiger partial charge on any atom is -0.480 e. The fraction of sp³-hybridized carbons (Fsp3) is 0.500. The lowest BCUT2D eigenvalue weighted by molar-refractivity contribution is -0.145. The van der Waals surface area contributed by atoms with Gasteiger partial charge in [0.15, 0.2) is 5.13 Å². The molecule has 0 radical (unpaired) electrons. The zero-order chi connectivity index (χ0) is 10.2. The van der Waals surface area contributed by atoms with Gasteiger partial charge in [-0.3, -0.25) is 0 Å². The van der Waals surface area contributed by atoms with Gasteiger partial charge in [-0.2, -0.15) is 0 Å². The fourth-order valence-electron chi connectivity index (χ4n) is 1.44. The number of nitrogens with one attached hydrogen (secondary N) is 1. The van der Waals surface area contributed by atoms with E-state index >= 15 is 0 Å². The van der Waals surface area contributed by atoms with E-state index in [1.54, 1.807) is 5.38 Å². The molecule has 1 aliphatic rings. The summed E-state index contributed by atoms with van der Waals surface area (Å²) in [5.74, 6) is -0.810. The highest BCUT2D eigenvalue weighted by Gasteiger charge is 2.44. The maximum Gasteiger partial charge on any atom is 0.329 e. The molecule has 0 amide bonds. The minimum absolute atomic E-state index is 0.400. The molecule has 1 aromatic heterocycles. The molecule has 0 aliphatic heterocycles. The summed E-state index contributed by atoms with van der Waals surface area (Å²) in [6.07, 6.45) is 2.25. The maximum absolute atomic E-state index is 11.0. The molecule has 0 bridgehead atoms. The molecule has 1 aromatic rings. The Morgan fingerprint density at radius 3 is 2.79 bits per heavy atom. The van der Waals surface area contributed by atoms with E-state index in [-0.39, 0.29) is 0 Å². The second-order valence-electron chi connectivity index (χ2n) is 3.34. The van der Waals surface area contributed by atoms with Gasteiger partial charge < -0.3 is 10.4 Å². The standard InChI is InChI=1S/C8H9ClN2O2S/c9-5-4-14-7(10-5)11-8(6(12)13)2-1-3-8/h4H,1-3H2,(H,10,11)(H,12,13). The van der Waals surface area contributed by atoms with E-state index in [2.05, 4.69) is 10.3 Å². The topological polar surface area (TPSA) is 62.2 Å². The van der Waals surface area contributed by atoms with Crippen molar-refractivity contribution in [2.75, 3.05) is 5.32 Å². The predicted octanol–water partition coefficient (Wildman–Crippen LogP) is 2.22. The Bertz CT molecular complexity index is 362. The molecular formula is C8H9ClN2O2S. The maximum atomic E-state index is 11.0. The SMILES string of the molecule is O=C(O)C1(Nc2nc(Cl)cs2)CCC1. The third kappa shape index (κ3) is 1.57. The molecule has 1 aliphatic carbocycles. The number of anilines is 1. The van der Waals surface area contributed by atoms with Crippen LogP contribution >= 0.6 is 22.9 Å². The second kappa shape index (κ2) is 3.40. The molecule has 0 spiro atoms. The summed E-state index contributed by atoms with van der Waals surface area (Å²) in [5, 5.41) is 14.6. The molecular weight excluding hydrogens is 224 g/mol. The highest BCUT2D eigenvalue weighted by molar-refractivity contribution is 7.14. The first-order valence-corrected chi connectivity index (χ1v) is 5.51. The summed E-state index contributed by atoms with van der Waals surface area (Å²) in [6, 6.07) is 0. The Morgan fingerprint density at radius 1 is 1.71 bits per heavy atom. The largest absolute Gasteiger partial charge is 0.480 e. The van der Waals surface area contributed by atoms with Crippen molar-refractivity contribution in [3.8, 4) is 0 Å². The van der Waals surface area contributed by atoms with E-state index in [1.165, 1.54) is 11.3 Å². The monoisotopic (exact) mass is 232 g/mol. The Hall–Kier alpha value is -0.810. The van der Waals surface area contributed by atoms with Gasteiger partial charge in [0.2, 0.25) is 0 Å². The molecule has 76 valence electrons. The number of carboxylic acids is 1. The number of halogens is 1. The Balaban J connectivity index is 2.12. The van der Waals surface area contributed by atoms with Gasteiger partial charge in [-0.05, 0) is 19.3 Å². The van der Waals surface area contributed by atoms with Crippen molar-refractivity contribution >= 4 is 34.0 Å². The van der Waals surface area contributed by atoms with Crippen LogP contribution < -0.4 is 5.32 Å². The van der Waals surface area contributed by atoms with Crippen LogP contribution in [0.3, 0.4) is 0 Å². The van der Waals surface area contributed by atoms with Gasteiger partial charge in [0.05, 0.1) is 0 Å². The van der Waals surface area contributed by atoms with Crippen molar-refractivity contribution in [2.24, 2.45) is 0 Å². The number of carbonyl (C=O) groups is 1. The highest BCUT2D eigenvalue weighted by Crippen LogP contribution is 2.36. The van der Waals surface area contributed by atoms with Crippen LogP contribution in [-0.2, 0) is 4.79 Å². The van der Waals surface area contributed by atoms with Crippen molar-refractivity contribution < 1.29 is 9.90 Å². The van der Waals surface area contributed by atoms with E-state index < -0.39 is 11.5 Å². The average Bonchev–Trinajstić information content (AvgIpc) is 2.43. The molecule has 4 nitrogen and oxygen atoms in total. The molecule has 1 saturated carbocycles. The molecule has 0 unspecified atom stereocenters. The Labute approximate surface area is 89.9 Å². The first-order chi connectivity index (χ1) is 6.62. The molecule has 1 fully saturated rings. The summed E-state index contributed by atoms with van der Waals surface area (Å²) >= 11 is 6.97. The van der Waals surface area contributed by atoms with Gasteiger partial charge in [0, 0.05) is 5.38 Å². The zero-order valence-electron chi connectivity index (χ0n) is 7.29. The fourth-order valence-corrected chi connectivity index (χ4v) is 2.37. The molecule has 0 atom stereocenters. The van der Waals surface area contributed by atoms with E-state index in [4.69, 9.17) is 16.7 Å².